The molecule has 3 nitrogen and oxygen atoms in total. The molecule has 62 valence electrons. The summed E-state index contributed by atoms with van der Waals surface area (Å²) in [6.45, 7) is 1.93. The summed E-state index contributed by atoms with van der Waals surface area (Å²) < 4.78 is 1.96. The molecule has 0 unspecified atom stereocenters. The van der Waals surface area contributed by atoms with Gasteiger partial charge in [-0.15, -0.1) is 0 Å². The Hall–Kier alpha value is -0.700. The molecule has 0 saturated heterocycles. The predicted octanol–water partition coefficient (Wildman–Crippen LogP) is 1.45. The number of rotatable bonds is 1. The standard InChI is InChI=1S/C7H12ClN3/c1-5-9-6(8)7(10(2)3)11(5)4/h1-4H3. The first-order valence-electron chi connectivity index (χ1n) is 3.40. The van der Waals surface area contributed by atoms with Gasteiger partial charge in [-0.25, -0.2) is 4.98 Å². The lowest BCUT2D eigenvalue weighted by atomic mass is 10.6. The normalized spacial score (nSPS) is 10.3. The van der Waals surface area contributed by atoms with E-state index in [1.54, 1.807) is 0 Å². The van der Waals surface area contributed by atoms with Crippen LogP contribution >= 0.6 is 11.6 Å². The van der Waals surface area contributed by atoms with Crippen molar-refractivity contribution in [2.24, 2.45) is 7.05 Å². The molecule has 0 aliphatic rings. The quantitative estimate of drug-likeness (QED) is 0.641. The minimum absolute atomic E-state index is 0.565. The van der Waals surface area contributed by atoms with Crippen LogP contribution in [0.25, 0.3) is 0 Å². The van der Waals surface area contributed by atoms with E-state index in [2.05, 4.69) is 4.98 Å². The van der Waals surface area contributed by atoms with E-state index in [0.717, 1.165) is 11.6 Å². The lowest BCUT2D eigenvalue weighted by Gasteiger charge is -2.12. The second-order valence-corrected chi connectivity index (χ2v) is 3.08. The van der Waals surface area contributed by atoms with Crippen LogP contribution in [0.15, 0.2) is 0 Å². The third-order valence-electron chi connectivity index (χ3n) is 1.67. The second kappa shape index (κ2) is 2.74. The van der Waals surface area contributed by atoms with Crippen molar-refractivity contribution in [2.75, 3.05) is 19.0 Å². The largest absolute Gasteiger partial charge is 0.362 e. The number of halogens is 1. The van der Waals surface area contributed by atoms with Crippen molar-refractivity contribution in [3.05, 3.63) is 11.0 Å². The summed E-state index contributed by atoms with van der Waals surface area (Å²) in [5.74, 6) is 1.88. The fraction of sp³-hybridized carbons (Fsp3) is 0.571. The van der Waals surface area contributed by atoms with Crippen molar-refractivity contribution in [1.29, 1.82) is 0 Å². The van der Waals surface area contributed by atoms with Gasteiger partial charge in [0.25, 0.3) is 0 Å². The van der Waals surface area contributed by atoms with Crippen LogP contribution in [0, 0.1) is 6.92 Å². The average molecular weight is 174 g/mol. The first kappa shape index (κ1) is 8.40. The number of nitrogens with zero attached hydrogens (tertiary/aromatic N) is 3. The third kappa shape index (κ3) is 1.33. The number of hydrogen-bond acceptors (Lipinski definition) is 2. The minimum Gasteiger partial charge on any atom is -0.362 e. The molecule has 0 radical (unpaired) electrons. The number of imidazole rings is 1. The third-order valence-corrected chi connectivity index (χ3v) is 1.92. The number of aryl methyl sites for hydroxylation is 1. The first-order chi connectivity index (χ1) is 5.04. The molecule has 0 bridgehead atoms. The maximum Gasteiger partial charge on any atom is 0.171 e. The summed E-state index contributed by atoms with van der Waals surface area (Å²) in [6, 6.07) is 0. The van der Waals surface area contributed by atoms with Crippen LogP contribution in [0.5, 0.6) is 0 Å². The van der Waals surface area contributed by atoms with Gasteiger partial charge in [-0.05, 0) is 6.92 Å². The van der Waals surface area contributed by atoms with Crippen molar-refractivity contribution < 1.29 is 0 Å². The van der Waals surface area contributed by atoms with Gasteiger partial charge in [0.15, 0.2) is 5.15 Å². The zero-order valence-corrected chi connectivity index (χ0v) is 7.98. The minimum atomic E-state index is 0.565. The fourth-order valence-electron chi connectivity index (χ4n) is 1.04. The molecular weight excluding hydrogens is 162 g/mol. The predicted molar refractivity (Wildman–Crippen MR) is 47.3 cm³/mol. The molecule has 1 rings (SSSR count). The van der Waals surface area contributed by atoms with Gasteiger partial charge >= 0.3 is 0 Å². The van der Waals surface area contributed by atoms with Crippen LogP contribution in [0.1, 0.15) is 5.82 Å². The van der Waals surface area contributed by atoms with Crippen molar-refractivity contribution in [3.63, 3.8) is 0 Å². The molecule has 4 heteroatoms. The SMILES string of the molecule is Cc1nc(Cl)c(N(C)C)n1C. The fourth-order valence-corrected chi connectivity index (χ4v) is 1.46. The highest BCUT2D eigenvalue weighted by molar-refractivity contribution is 6.31. The summed E-state index contributed by atoms with van der Waals surface area (Å²) in [7, 11) is 5.84. The van der Waals surface area contributed by atoms with Crippen molar-refractivity contribution in [2.45, 2.75) is 6.92 Å². The summed E-state index contributed by atoms with van der Waals surface area (Å²) in [5, 5.41) is 0.565. The van der Waals surface area contributed by atoms with Crippen LogP contribution < -0.4 is 4.90 Å². The molecule has 0 aliphatic carbocycles. The number of aromatic nitrogens is 2. The van der Waals surface area contributed by atoms with Gasteiger partial charge in [0.2, 0.25) is 0 Å². The van der Waals surface area contributed by atoms with Gasteiger partial charge in [-0.2, -0.15) is 0 Å². The monoisotopic (exact) mass is 173 g/mol. The zero-order chi connectivity index (χ0) is 8.59. The molecule has 0 atom stereocenters. The maximum atomic E-state index is 5.87. The topological polar surface area (TPSA) is 21.1 Å². The smallest absolute Gasteiger partial charge is 0.171 e. The Labute approximate surface area is 71.6 Å². The Morgan fingerprint density at radius 3 is 2.18 bits per heavy atom. The molecule has 0 saturated carbocycles. The lowest BCUT2D eigenvalue weighted by Crippen LogP contribution is -2.13. The molecule has 1 aromatic rings. The Morgan fingerprint density at radius 1 is 1.45 bits per heavy atom. The lowest BCUT2D eigenvalue weighted by molar-refractivity contribution is 0.836. The van der Waals surface area contributed by atoms with Crippen LogP contribution in [0.2, 0.25) is 5.15 Å². The van der Waals surface area contributed by atoms with Gasteiger partial charge in [0.05, 0.1) is 0 Å². The highest BCUT2D eigenvalue weighted by atomic mass is 35.5. The summed E-state index contributed by atoms with van der Waals surface area (Å²) in [6.07, 6.45) is 0. The molecular formula is C7H12ClN3. The van der Waals surface area contributed by atoms with E-state index in [-0.39, 0.29) is 0 Å². The zero-order valence-electron chi connectivity index (χ0n) is 7.22. The van der Waals surface area contributed by atoms with E-state index >= 15 is 0 Å². The first-order valence-corrected chi connectivity index (χ1v) is 3.78. The van der Waals surface area contributed by atoms with E-state index in [4.69, 9.17) is 11.6 Å². The van der Waals surface area contributed by atoms with Gasteiger partial charge < -0.3 is 9.47 Å². The Kier molecular flexibility index (Phi) is 2.09. The summed E-state index contributed by atoms with van der Waals surface area (Å²) >= 11 is 5.87. The van der Waals surface area contributed by atoms with E-state index in [0.29, 0.717) is 5.15 Å². The molecule has 1 aromatic heterocycles. The van der Waals surface area contributed by atoms with Crippen LogP contribution in [-0.4, -0.2) is 23.6 Å². The molecule has 11 heavy (non-hydrogen) atoms. The van der Waals surface area contributed by atoms with E-state index in [1.165, 1.54) is 0 Å². The van der Waals surface area contributed by atoms with Crippen LogP contribution in [0.4, 0.5) is 5.82 Å². The summed E-state index contributed by atoms with van der Waals surface area (Å²) in [4.78, 5) is 6.07. The van der Waals surface area contributed by atoms with Gasteiger partial charge in [0.1, 0.15) is 11.6 Å². The van der Waals surface area contributed by atoms with Crippen molar-refractivity contribution in [1.82, 2.24) is 9.55 Å². The van der Waals surface area contributed by atoms with Crippen molar-refractivity contribution >= 4 is 17.4 Å². The Morgan fingerprint density at radius 2 is 2.00 bits per heavy atom. The highest BCUT2D eigenvalue weighted by Gasteiger charge is 2.10. The Bertz CT molecular complexity index is 265. The van der Waals surface area contributed by atoms with Crippen LogP contribution in [-0.2, 0) is 7.05 Å². The maximum absolute atomic E-state index is 5.87. The second-order valence-electron chi connectivity index (χ2n) is 2.73. The molecule has 0 amide bonds. The average Bonchev–Trinajstić information content (AvgIpc) is 2.07. The van der Waals surface area contributed by atoms with Crippen LogP contribution in [0.3, 0.4) is 0 Å². The van der Waals surface area contributed by atoms with E-state index in [9.17, 15) is 0 Å². The summed E-state index contributed by atoms with van der Waals surface area (Å²) in [5.41, 5.74) is 0. The van der Waals surface area contributed by atoms with Gasteiger partial charge in [-0.1, -0.05) is 11.6 Å². The highest BCUT2D eigenvalue weighted by Crippen LogP contribution is 2.23. The number of anilines is 1. The van der Waals surface area contributed by atoms with E-state index < -0.39 is 0 Å². The molecule has 0 fully saturated rings. The van der Waals surface area contributed by atoms with Gasteiger partial charge in [-0.3, -0.25) is 0 Å². The Balaban J connectivity index is 3.22. The number of hydrogen-bond donors (Lipinski definition) is 0. The molecule has 0 spiro atoms. The van der Waals surface area contributed by atoms with E-state index in [1.807, 2.05) is 37.5 Å². The molecule has 1 heterocycles. The van der Waals surface area contributed by atoms with Crippen molar-refractivity contribution in [3.8, 4) is 0 Å². The molecule has 0 aromatic carbocycles. The van der Waals surface area contributed by atoms with Gasteiger partial charge in [0, 0.05) is 21.1 Å². The molecule has 0 N–H and O–H groups in total. The molecule has 0 aliphatic heterocycles.